The molecular weight excluding hydrogens is 415 g/mol. The minimum absolute atomic E-state index is 0. The molecule has 2 aliphatic rings. The molecule has 0 spiro atoms. The van der Waals surface area contributed by atoms with E-state index in [2.05, 4.69) is 0 Å². The molecule has 4 N–H and O–H groups in total. The quantitative estimate of drug-likeness (QED) is 0.340. The van der Waals surface area contributed by atoms with Crippen LogP contribution in [-0.4, -0.2) is 67.6 Å². The van der Waals surface area contributed by atoms with Crippen molar-refractivity contribution < 1.29 is 66.0 Å². The molecule has 0 atom stereocenters. The van der Waals surface area contributed by atoms with E-state index in [4.69, 9.17) is 20.6 Å². The molecule has 10 nitrogen and oxygen atoms in total. The fourth-order valence-electron chi connectivity index (χ4n) is 1.13. The molecule has 2 saturated heterocycles. The summed E-state index contributed by atoms with van der Waals surface area (Å²) >= 11 is 0. The molecule has 4 amide bonds. The van der Waals surface area contributed by atoms with Gasteiger partial charge in [0, 0.05) is 65.1 Å². The SMILES string of the molecule is CCCO.CCCO.O=C1CCC(=O)N1O.O=C1CCC(=O)N1O.[Zr]. The van der Waals surface area contributed by atoms with Crippen molar-refractivity contribution in [3.8, 4) is 0 Å². The molecule has 0 saturated carbocycles. The first-order valence-corrected chi connectivity index (χ1v) is 7.57. The van der Waals surface area contributed by atoms with Crippen LogP contribution in [0, 0.1) is 0 Å². The molecule has 2 aliphatic heterocycles. The average Bonchev–Trinajstić information content (AvgIpc) is 3.05. The van der Waals surface area contributed by atoms with E-state index in [0.717, 1.165) is 12.8 Å². The van der Waals surface area contributed by atoms with Gasteiger partial charge in [-0.1, -0.05) is 13.8 Å². The van der Waals surface area contributed by atoms with E-state index in [-0.39, 0.29) is 62.0 Å². The number of carbonyl (C=O) groups is 4. The number of hydroxylamine groups is 4. The van der Waals surface area contributed by atoms with Crippen LogP contribution in [0.25, 0.3) is 0 Å². The zero-order valence-corrected chi connectivity index (χ0v) is 16.9. The number of imide groups is 2. The minimum Gasteiger partial charge on any atom is -0.396 e. The molecule has 2 heterocycles. The molecular formula is C14H26N2O8Zr. The van der Waals surface area contributed by atoms with Crippen LogP contribution >= 0.6 is 0 Å². The Kier molecular flexibility index (Phi) is 20.5. The van der Waals surface area contributed by atoms with Crippen molar-refractivity contribution in [2.24, 2.45) is 0 Å². The van der Waals surface area contributed by atoms with Gasteiger partial charge in [0.2, 0.25) is 0 Å². The predicted molar refractivity (Wildman–Crippen MR) is 80.5 cm³/mol. The van der Waals surface area contributed by atoms with Crippen LogP contribution in [-0.2, 0) is 45.4 Å². The zero-order chi connectivity index (χ0) is 19.1. The fourth-order valence-corrected chi connectivity index (χ4v) is 1.13. The van der Waals surface area contributed by atoms with Crippen molar-refractivity contribution in [3.63, 3.8) is 0 Å². The van der Waals surface area contributed by atoms with Gasteiger partial charge in [-0.15, -0.1) is 0 Å². The summed E-state index contributed by atoms with van der Waals surface area (Å²) in [5, 5.41) is 32.9. The molecule has 0 aromatic rings. The first-order valence-electron chi connectivity index (χ1n) is 7.57. The summed E-state index contributed by atoms with van der Waals surface area (Å²) in [4.78, 5) is 41.0. The summed E-state index contributed by atoms with van der Waals surface area (Å²) < 4.78 is 0. The number of hydrogen-bond acceptors (Lipinski definition) is 8. The fraction of sp³-hybridized carbons (Fsp3) is 0.714. The Hall–Kier alpha value is -0.997. The predicted octanol–water partition coefficient (Wildman–Crippen LogP) is -0.176. The van der Waals surface area contributed by atoms with Gasteiger partial charge in [-0.05, 0) is 12.8 Å². The maximum Gasteiger partial charge on any atom is 0.253 e. The normalized spacial score (nSPS) is 15.4. The Morgan fingerprint density at radius 3 is 0.880 bits per heavy atom. The molecule has 0 unspecified atom stereocenters. The van der Waals surface area contributed by atoms with Crippen LogP contribution in [0.3, 0.4) is 0 Å². The van der Waals surface area contributed by atoms with Crippen LogP contribution in [0.1, 0.15) is 52.4 Å². The van der Waals surface area contributed by atoms with Crippen molar-refractivity contribution in [2.45, 2.75) is 52.4 Å². The van der Waals surface area contributed by atoms with Crippen LogP contribution in [0.2, 0.25) is 0 Å². The maximum absolute atomic E-state index is 10.2. The van der Waals surface area contributed by atoms with Gasteiger partial charge >= 0.3 is 0 Å². The number of aliphatic hydroxyl groups is 2. The van der Waals surface area contributed by atoms with E-state index in [0.29, 0.717) is 13.2 Å². The standard InChI is InChI=1S/2C4H5NO3.2C3H8O.Zr/c2*6-3-1-2-4(7)5(3)8;2*1-2-3-4;/h2*8H,1-2H2;2*4H,2-3H2,1H3;. The summed E-state index contributed by atoms with van der Waals surface area (Å²) in [6.07, 6.45) is 2.34. The van der Waals surface area contributed by atoms with Crippen LogP contribution < -0.4 is 0 Å². The van der Waals surface area contributed by atoms with Crippen LogP contribution in [0.4, 0.5) is 0 Å². The molecule has 144 valence electrons. The second kappa shape index (κ2) is 17.8. The molecule has 0 aromatic heterocycles. The number of amides is 4. The van der Waals surface area contributed by atoms with Crippen LogP contribution in [0.5, 0.6) is 0 Å². The third kappa shape index (κ3) is 13.9. The average molecular weight is 442 g/mol. The largest absolute Gasteiger partial charge is 0.396 e. The van der Waals surface area contributed by atoms with Crippen molar-refractivity contribution in [1.82, 2.24) is 10.1 Å². The molecule has 0 aliphatic carbocycles. The van der Waals surface area contributed by atoms with Gasteiger partial charge < -0.3 is 10.2 Å². The molecule has 2 rings (SSSR count). The summed E-state index contributed by atoms with van der Waals surface area (Å²) in [5.74, 6) is -2.02. The van der Waals surface area contributed by atoms with Gasteiger partial charge in [-0.3, -0.25) is 29.6 Å². The Balaban J connectivity index is -0.000000270. The second-order valence-electron chi connectivity index (χ2n) is 4.65. The first kappa shape index (κ1) is 28.8. The van der Waals surface area contributed by atoms with Gasteiger partial charge in [0.25, 0.3) is 23.6 Å². The van der Waals surface area contributed by atoms with Crippen LogP contribution in [0.15, 0.2) is 0 Å². The van der Waals surface area contributed by atoms with Gasteiger partial charge in [0.15, 0.2) is 0 Å². The first-order chi connectivity index (χ1) is 11.3. The Bertz CT molecular complexity index is 346. The molecule has 0 bridgehead atoms. The monoisotopic (exact) mass is 440 g/mol. The molecule has 11 heteroatoms. The van der Waals surface area contributed by atoms with E-state index in [1.807, 2.05) is 13.8 Å². The summed E-state index contributed by atoms with van der Waals surface area (Å²) in [7, 11) is 0. The van der Waals surface area contributed by atoms with E-state index in [9.17, 15) is 19.2 Å². The number of rotatable bonds is 2. The summed E-state index contributed by atoms with van der Waals surface area (Å²) in [6.45, 7) is 4.50. The van der Waals surface area contributed by atoms with E-state index >= 15 is 0 Å². The molecule has 0 radical (unpaired) electrons. The summed E-state index contributed by atoms with van der Waals surface area (Å²) in [5.41, 5.74) is 0. The van der Waals surface area contributed by atoms with Gasteiger partial charge in [0.1, 0.15) is 0 Å². The number of carbonyl (C=O) groups excluding carboxylic acids is 4. The van der Waals surface area contributed by atoms with E-state index in [1.54, 1.807) is 0 Å². The second-order valence-corrected chi connectivity index (χ2v) is 4.65. The Morgan fingerprint density at radius 1 is 0.680 bits per heavy atom. The number of aliphatic hydroxyl groups excluding tert-OH is 2. The maximum atomic E-state index is 10.2. The number of hydrogen-bond donors (Lipinski definition) is 4. The van der Waals surface area contributed by atoms with Gasteiger partial charge in [-0.25, -0.2) is 0 Å². The van der Waals surface area contributed by atoms with Gasteiger partial charge in [0.05, 0.1) is 0 Å². The molecule has 25 heavy (non-hydrogen) atoms. The van der Waals surface area contributed by atoms with Crippen molar-refractivity contribution >= 4 is 23.6 Å². The molecule has 2 fully saturated rings. The van der Waals surface area contributed by atoms with Crippen molar-refractivity contribution in [1.29, 1.82) is 0 Å². The van der Waals surface area contributed by atoms with Gasteiger partial charge in [-0.2, -0.15) is 10.1 Å². The summed E-state index contributed by atoms with van der Waals surface area (Å²) in [6, 6.07) is 0. The Morgan fingerprint density at radius 2 is 0.840 bits per heavy atom. The topological polar surface area (TPSA) is 156 Å². The third-order valence-corrected chi connectivity index (χ3v) is 2.50. The number of nitrogens with zero attached hydrogens (tertiary/aromatic N) is 2. The third-order valence-electron chi connectivity index (χ3n) is 2.50. The smallest absolute Gasteiger partial charge is 0.253 e. The van der Waals surface area contributed by atoms with Crippen molar-refractivity contribution in [2.75, 3.05) is 13.2 Å². The Labute approximate surface area is 165 Å². The van der Waals surface area contributed by atoms with E-state index < -0.39 is 23.6 Å². The molecule has 0 aromatic carbocycles. The van der Waals surface area contributed by atoms with E-state index in [1.165, 1.54) is 0 Å². The minimum atomic E-state index is -0.505. The van der Waals surface area contributed by atoms with Crippen molar-refractivity contribution in [3.05, 3.63) is 0 Å². The zero-order valence-electron chi connectivity index (χ0n) is 14.5.